The molecular formula is C14H15F3N2O2. The van der Waals surface area contributed by atoms with Crippen LogP contribution in [0.25, 0.3) is 0 Å². The van der Waals surface area contributed by atoms with Crippen molar-refractivity contribution >= 4 is 5.91 Å². The summed E-state index contributed by atoms with van der Waals surface area (Å²) in [5.41, 5.74) is 0. The molecule has 1 saturated heterocycles. The van der Waals surface area contributed by atoms with Crippen LogP contribution in [-0.2, 0) is 4.79 Å². The third-order valence-corrected chi connectivity index (χ3v) is 3.91. The second kappa shape index (κ2) is 5.20. The molecule has 4 nitrogen and oxygen atoms in total. The number of ether oxygens (including phenoxy) is 1. The monoisotopic (exact) mass is 300 g/mol. The highest BCUT2D eigenvalue weighted by molar-refractivity contribution is 5.82. The molecule has 1 saturated carbocycles. The molecule has 0 N–H and O–H groups in total. The molecule has 1 aliphatic heterocycles. The van der Waals surface area contributed by atoms with E-state index >= 15 is 0 Å². The van der Waals surface area contributed by atoms with Crippen molar-refractivity contribution in [3.05, 3.63) is 24.4 Å². The summed E-state index contributed by atoms with van der Waals surface area (Å²) in [5.74, 6) is -2.28. The molecule has 21 heavy (non-hydrogen) atoms. The van der Waals surface area contributed by atoms with E-state index in [0.717, 1.165) is 0 Å². The molecule has 1 aromatic rings. The van der Waals surface area contributed by atoms with Gasteiger partial charge in [0.1, 0.15) is 6.10 Å². The average molecular weight is 300 g/mol. The molecule has 1 unspecified atom stereocenters. The van der Waals surface area contributed by atoms with E-state index in [2.05, 4.69) is 4.98 Å². The van der Waals surface area contributed by atoms with Gasteiger partial charge in [0, 0.05) is 25.2 Å². The van der Waals surface area contributed by atoms with Gasteiger partial charge in [0.15, 0.2) is 0 Å². The summed E-state index contributed by atoms with van der Waals surface area (Å²) in [6.45, 7) is 0.772. The fraction of sp³-hybridized carbons (Fsp3) is 0.571. The van der Waals surface area contributed by atoms with E-state index in [0.29, 0.717) is 25.4 Å². The number of alkyl halides is 3. The minimum atomic E-state index is -4.26. The van der Waals surface area contributed by atoms with E-state index in [-0.39, 0.29) is 12.5 Å². The number of halogens is 3. The van der Waals surface area contributed by atoms with E-state index in [4.69, 9.17) is 4.74 Å². The SMILES string of the molecule is O=C([C@@H]1C[C@H]1C(F)(F)F)N1CCC(Oc2ccccn2)C1. The molecule has 3 rings (SSSR count). The van der Waals surface area contributed by atoms with Gasteiger partial charge in [0.05, 0.1) is 18.4 Å². The van der Waals surface area contributed by atoms with Crippen LogP contribution in [0.1, 0.15) is 12.8 Å². The van der Waals surface area contributed by atoms with Gasteiger partial charge in [-0.2, -0.15) is 13.2 Å². The normalized spacial score (nSPS) is 28.5. The topological polar surface area (TPSA) is 42.4 Å². The maximum atomic E-state index is 12.5. The molecule has 114 valence electrons. The van der Waals surface area contributed by atoms with Gasteiger partial charge in [-0.3, -0.25) is 4.79 Å². The molecule has 2 fully saturated rings. The molecule has 0 bridgehead atoms. The Labute approximate surface area is 119 Å². The number of pyridine rings is 1. The summed E-state index contributed by atoms with van der Waals surface area (Å²) in [4.78, 5) is 17.5. The van der Waals surface area contributed by atoms with Crippen LogP contribution in [0.5, 0.6) is 5.88 Å². The molecule has 0 radical (unpaired) electrons. The quantitative estimate of drug-likeness (QED) is 0.860. The van der Waals surface area contributed by atoms with Crippen LogP contribution in [0.2, 0.25) is 0 Å². The molecular weight excluding hydrogens is 285 g/mol. The highest BCUT2D eigenvalue weighted by Gasteiger charge is 2.59. The minimum Gasteiger partial charge on any atom is -0.472 e. The molecule has 2 heterocycles. The van der Waals surface area contributed by atoms with Crippen molar-refractivity contribution in [1.29, 1.82) is 0 Å². The average Bonchev–Trinajstić information content (AvgIpc) is 3.13. The van der Waals surface area contributed by atoms with Gasteiger partial charge in [0.25, 0.3) is 0 Å². The molecule has 2 aliphatic rings. The number of hydrogen-bond donors (Lipinski definition) is 0. The van der Waals surface area contributed by atoms with Crippen LogP contribution in [0.4, 0.5) is 13.2 Å². The lowest BCUT2D eigenvalue weighted by atomic mass is 10.3. The number of carbonyl (C=O) groups is 1. The van der Waals surface area contributed by atoms with Crippen molar-refractivity contribution in [3.63, 3.8) is 0 Å². The summed E-state index contributed by atoms with van der Waals surface area (Å²) < 4.78 is 43.1. The predicted molar refractivity (Wildman–Crippen MR) is 67.5 cm³/mol. The van der Waals surface area contributed by atoms with E-state index in [9.17, 15) is 18.0 Å². The lowest BCUT2D eigenvalue weighted by molar-refractivity contribution is -0.157. The molecule has 7 heteroatoms. The minimum absolute atomic E-state index is 0.0788. The maximum Gasteiger partial charge on any atom is 0.392 e. The molecule has 1 amide bonds. The summed E-state index contributed by atoms with van der Waals surface area (Å²) in [6.07, 6.45) is -2.32. The zero-order valence-corrected chi connectivity index (χ0v) is 11.2. The highest BCUT2D eigenvalue weighted by Crippen LogP contribution is 2.51. The number of likely N-dealkylation sites (tertiary alicyclic amines) is 1. The van der Waals surface area contributed by atoms with Crippen molar-refractivity contribution in [2.24, 2.45) is 11.8 Å². The lowest BCUT2D eigenvalue weighted by Gasteiger charge is -2.17. The van der Waals surface area contributed by atoms with Crippen molar-refractivity contribution in [2.45, 2.75) is 25.1 Å². The van der Waals surface area contributed by atoms with Crippen molar-refractivity contribution in [3.8, 4) is 5.88 Å². The first-order chi connectivity index (χ1) is 9.95. The number of rotatable bonds is 3. The summed E-state index contributed by atoms with van der Waals surface area (Å²) in [6, 6.07) is 5.27. The van der Waals surface area contributed by atoms with Gasteiger partial charge in [-0.1, -0.05) is 6.07 Å². The molecule has 1 aliphatic carbocycles. The Kier molecular flexibility index (Phi) is 3.51. The first-order valence-electron chi connectivity index (χ1n) is 6.88. The van der Waals surface area contributed by atoms with Gasteiger partial charge in [-0.25, -0.2) is 4.98 Å². The van der Waals surface area contributed by atoms with E-state index in [1.165, 1.54) is 4.90 Å². The second-order valence-corrected chi connectivity index (χ2v) is 5.47. The zero-order chi connectivity index (χ0) is 15.0. The third-order valence-electron chi connectivity index (χ3n) is 3.91. The molecule has 0 spiro atoms. The zero-order valence-electron chi connectivity index (χ0n) is 11.2. The summed E-state index contributed by atoms with van der Waals surface area (Å²) in [7, 11) is 0. The van der Waals surface area contributed by atoms with Crippen LogP contribution in [0.15, 0.2) is 24.4 Å². The number of hydrogen-bond acceptors (Lipinski definition) is 3. The van der Waals surface area contributed by atoms with Crippen molar-refractivity contribution in [2.75, 3.05) is 13.1 Å². The fourth-order valence-electron chi connectivity index (χ4n) is 2.68. The maximum absolute atomic E-state index is 12.5. The first kappa shape index (κ1) is 14.2. The van der Waals surface area contributed by atoms with E-state index < -0.39 is 23.9 Å². The smallest absolute Gasteiger partial charge is 0.392 e. The number of carbonyl (C=O) groups excluding carboxylic acids is 1. The largest absolute Gasteiger partial charge is 0.472 e. The Morgan fingerprint density at radius 1 is 1.38 bits per heavy atom. The van der Waals surface area contributed by atoms with Crippen LogP contribution in [-0.4, -0.2) is 41.2 Å². The van der Waals surface area contributed by atoms with Gasteiger partial charge in [-0.05, 0) is 12.5 Å². The number of nitrogens with zero attached hydrogens (tertiary/aromatic N) is 2. The van der Waals surface area contributed by atoms with E-state index in [1.54, 1.807) is 24.4 Å². The number of amides is 1. The standard InChI is InChI=1S/C14H15F3N2O2/c15-14(16,17)11-7-10(11)13(20)19-6-4-9(8-19)21-12-3-1-2-5-18-12/h1-3,5,9-11H,4,6-8H2/t9?,10-,11-/m1/s1. The Bertz CT molecular complexity index is 521. The van der Waals surface area contributed by atoms with Gasteiger partial charge < -0.3 is 9.64 Å². The molecule has 1 aromatic heterocycles. The predicted octanol–water partition coefficient (Wildman–Crippen LogP) is 2.26. The summed E-state index contributed by atoms with van der Waals surface area (Å²) in [5, 5.41) is 0. The first-order valence-corrected chi connectivity index (χ1v) is 6.88. The molecule has 3 atom stereocenters. The Balaban J connectivity index is 1.52. The van der Waals surface area contributed by atoms with Crippen molar-refractivity contribution < 1.29 is 22.7 Å². The van der Waals surface area contributed by atoms with Crippen molar-refractivity contribution in [1.82, 2.24) is 9.88 Å². The van der Waals surface area contributed by atoms with Gasteiger partial charge >= 0.3 is 6.18 Å². The molecule has 0 aromatic carbocycles. The number of aromatic nitrogens is 1. The highest BCUT2D eigenvalue weighted by atomic mass is 19.4. The van der Waals surface area contributed by atoms with E-state index in [1.807, 2.05) is 0 Å². The van der Waals surface area contributed by atoms with Crippen LogP contribution in [0, 0.1) is 11.8 Å². The van der Waals surface area contributed by atoms with Crippen LogP contribution >= 0.6 is 0 Å². The third kappa shape index (κ3) is 3.11. The lowest BCUT2D eigenvalue weighted by Crippen LogP contribution is -2.33. The Hall–Kier alpha value is -1.79. The summed E-state index contributed by atoms with van der Waals surface area (Å²) >= 11 is 0. The Morgan fingerprint density at radius 3 is 2.81 bits per heavy atom. The van der Waals surface area contributed by atoms with Crippen LogP contribution in [0.3, 0.4) is 0 Å². The fourth-order valence-corrected chi connectivity index (χ4v) is 2.68. The van der Waals surface area contributed by atoms with Gasteiger partial charge in [-0.15, -0.1) is 0 Å². The Morgan fingerprint density at radius 2 is 2.19 bits per heavy atom. The van der Waals surface area contributed by atoms with Crippen LogP contribution < -0.4 is 4.74 Å². The second-order valence-electron chi connectivity index (χ2n) is 5.47. The van der Waals surface area contributed by atoms with Gasteiger partial charge in [0.2, 0.25) is 11.8 Å².